The lowest BCUT2D eigenvalue weighted by atomic mass is 9.87. The average Bonchev–Trinajstić information content (AvgIpc) is 3.14. The van der Waals surface area contributed by atoms with Crippen LogP contribution in [0.3, 0.4) is 0 Å². The van der Waals surface area contributed by atoms with Gasteiger partial charge >= 0.3 is 0 Å². The van der Waals surface area contributed by atoms with Gasteiger partial charge in [0.15, 0.2) is 0 Å². The molecule has 2 amide bonds. The predicted octanol–water partition coefficient (Wildman–Crippen LogP) is 4.80. The Hall–Kier alpha value is -3.19. The van der Waals surface area contributed by atoms with Crippen LogP contribution in [0.25, 0.3) is 0 Å². The zero-order valence-electron chi connectivity index (χ0n) is 19.0. The van der Waals surface area contributed by atoms with Crippen LogP contribution in [0.5, 0.6) is 0 Å². The number of nitrogens with zero attached hydrogens (tertiary/aromatic N) is 1. The fourth-order valence-electron chi connectivity index (χ4n) is 4.94. The molecule has 2 N–H and O–H groups in total. The molecule has 0 aromatic heterocycles. The van der Waals surface area contributed by atoms with E-state index < -0.39 is 24.1 Å². The average molecular weight is 476 g/mol. The van der Waals surface area contributed by atoms with E-state index in [1.807, 2.05) is 80.6 Å². The number of hydroxylamine groups is 1. The van der Waals surface area contributed by atoms with Crippen LogP contribution in [0, 0.1) is 12.8 Å². The molecule has 2 aliphatic heterocycles. The number of rotatable bonds is 3. The Bertz CT molecular complexity index is 1230. The maximum Gasteiger partial charge on any atom is 0.244 e. The molecule has 1 fully saturated rings. The van der Waals surface area contributed by atoms with Crippen LogP contribution in [0.1, 0.15) is 41.3 Å². The first kappa shape index (κ1) is 22.6. The SMILES string of the molecule is Cc1ccc2c(c1)C(c1ccccc1)N(C(=O)C1C(C)ONC1c1ccccc1Cl)CC(=O)N2. The number of nitrogens with one attached hydrogen (secondary N) is 2. The van der Waals surface area contributed by atoms with E-state index in [9.17, 15) is 9.59 Å². The van der Waals surface area contributed by atoms with Crippen molar-refractivity contribution in [1.29, 1.82) is 0 Å². The van der Waals surface area contributed by atoms with Crippen molar-refractivity contribution in [2.24, 2.45) is 5.92 Å². The Kier molecular flexibility index (Phi) is 6.13. The summed E-state index contributed by atoms with van der Waals surface area (Å²) < 4.78 is 0. The Labute approximate surface area is 203 Å². The molecule has 3 aromatic carbocycles. The third-order valence-electron chi connectivity index (χ3n) is 6.57. The minimum atomic E-state index is -0.565. The van der Waals surface area contributed by atoms with Crippen molar-refractivity contribution in [3.63, 3.8) is 0 Å². The lowest BCUT2D eigenvalue weighted by Crippen LogP contribution is -2.45. The fraction of sp³-hybridized carbons (Fsp3) is 0.259. The summed E-state index contributed by atoms with van der Waals surface area (Å²) in [5.41, 5.74) is 7.40. The number of aryl methyl sites for hydroxylation is 1. The zero-order chi connectivity index (χ0) is 23.8. The molecule has 0 aliphatic carbocycles. The smallest absolute Gasteiger partial charge is 0.244 e. The summed E-state index contributed by atoms with van der Waals surface area (Å²) in [6, 6.07) is 22.3. The van der Waals surface area contributed by atoms with E-state index >= 15 is 0 Å². The maximum atomic E-state index is 14.3. The highest BCUT2D eigenvalue weighted by Crippen LogP contribution is 2.41. The quantitative estimate of drug-likeness (QED) is 0.571. The summed E-state index contributed by atoms with van der Waals surface area (Å²) in [4.78, 5) is 34.6. The second-order valence-electron chi connectivity index (χ2n) is 8.88. The largest absolute Gasteiger partial charge is 0.324 e. The van der Waals surface area contributed by atoms with Crippen molar-refractivity contribution < 1.29 is 14.4 Å². The molecule has 7 heteroatoms. The van der Waals surface area contributed by atoms with Crippen LogP contribution in [0.4, 0.5) is 5.69 Å². The van der Waals surface area contributed by atoms with E-state index in [0.717, 1.165) is 27.9 Å². The second kappa shape index (κ2) is 9.22. The van der Waals surface area contributed by atoms with Gasteiger partial charge in [0, 0.05) is 16.3 Å². The van der Waals surface area contributed by atoms with Gasteiger partial charge in [-0.2, -0.15) is 5.48 Å². The number of halogens is 1. The van der Waals surface area contributed by atoms with Gasteiger partial charge in [0.25, 0.3) is 0 Å². The molecule has 1 saturated heterocycles. The van der Waals surface area contributed by atoms with Crippen molar-refractivity contribution in [3.05, 3.63) is 100 Å². The topological polar surface area (TPSA) is 70.7 Å². The highest BCUT2D eigenvalue weighted by molar-refractivity contribution is 6.31. The molecule has 2 aliphatic rings. The van der Waals surface area contributed by atoms with E-state index in [2.05, 4.69) is 10.8 Å². The molecule has 4 unspecified atom stereocenters. The molecule has 0 radical (unpaired) electrons. The van der Waals surface area contributed by atoms with Crippen LogP contribution in [0.2, 0.25) is 5.02 Å². The summed E-state index contributed by atoms with van der Waals surface area (Å²) in [6.45, 7) is 3.80. The van der Waals surface area contributed by atoms with Gasteiger partial charge in [-0.1, -0.05) is 77.8 Å². The molecule has 4 atom stereocenters. The van der Waals surface area contributed by atoms with Crippen molar-refractivity contribution in [1.82, 2.24) is 10.4 Å². The van der Waals surface area contributed by atoms with Gasteiger partial charge in [-0.3, -0.25) is 14.4 Å². The molecule has 3 aromatic rings. The molecule has 0 bridgehead atoms. The van der Waals surface area contributed by atoms with E-state index in [4.69, 9.17) is 16.4 Å². The van der Waals surface area contributed by atoms with Crippen LogP contribution in [-0.2, 0) is 14.4 Å². The third kappa shape index (κ3) is 4.09. The Balaban J connectivity index is 1.62. The van der Waals surface area contributed by atoms with Crippen molar-refractivity contribution in [3.8, 4) is 0 Å². The zero-order valence-corrected chi connectivity index (χ0v) is 19.8. The molecule has 174 valence electrons. The van der Waals surface area contributed by atoms with Crippen molar-refractivity contribution in [2.75, 3.05) is 11.9 Å². The number of carbonyl (C=O) groups is 2. The molecular weight excluding hydrogens is 450 g/mol. The minimum Gasteiger partial charge on any atom is -0.324 e. The lowest BCUT2D eigenvalue weighted by Gasteiger charge is -2.34. The molecule has 34 heavy (non-hydrogen) atoms. The van der Waals surface area contributed by atoms with E-state index in [1.54, 1.807) is 11.0 Å². The molecular formula is C27H26ClN3O3. The Morgan fingerprint density at radius 3 is 2.53 bits per heavy atom. The van der Waals surface area contributed by atoms with E-state index in [0.29, 0.717) is 5.02 Å². The Morgan fingerprint density at radius 1 is 1.03 bits per heavy atom. The van der Waals surface area contributed by atoms with Crippen LogP contribution < -0.4 is 10.8 Å². The fourth-order valence-corrected chi connectivity index (χ4v) is 5.20. The number of hydrogen-bond acceptors (Lipinski definition) is 4. The highest BCUT2D eigenvalue weighted by Gasteiger charge is 2.46. The number of fused-ring (bicyclic) bond motifs is 1. The van der Waals surface area contributed by atoms with Gasteiger partial charge in [-0.25, -0.2) is 0 Å². The molecule has 2 heterocycles. The van der Waals surface area contributed by atoms with Gasteiger partial charge < -0.3 is 10.2 Å². The van der Waals surface area contributed by atoms with Gasteiger partial charge in [-0.05, 0) is 37.1 Å². The number of amides is 2. The third-order valence-corrected chi connectivity index (χ3v) is 6.92. The first-order valence-corrected chi connectivity index (χ1v) is 11.7. The molecule has 0 saturated carbocycles. The first-order valence-electron chi connectivity index (χ1n) is 11.4. The Morgan fingerprint density at radius 2 is 1.76 bits per heavy atom. The van der Waals surface area contributed by atoms with Crippen LogP contribution >= 0.6 is 11.6 Å². The van der Waals surface area contributed by atoms with E-state index in [1.165, 1.54) is 0 Å². The summed E-state index contributed by atoms with van der Waals surface area (Å²) in [5, 5.41) is 3.55. The molecule has 0 spiro atoms. The number of hydrogen-bond donors (Lipinski definition) is 2. The van der Waals surface area contributed by atoms with Gasteiger partial charge in [0.1, 0.15) is 6.54 Å². The number of anilines is 1. The van der Waals surface area contributed by atoms with Crippen LogP contribution in [-0.4, -0.2) is 29.4 Å². The first-order chi connectivity index (χ1) is 16.4. The number of carbonyl (C=O) groups excluding carboxylic acids is 2. The van der Waals surface area contributed by atoms with Crippen molar-refractivity contribution in [2.45, 2.75) is 32.0 Å². The highest BCUT2D eigenvalue weighted by atomic mass is 35.5. The summed E-state index contributed by atoms with van der Waals surface area (Å²) in [6.07, 6.45) is -0.409. The normalized spacial score (nSPS) is 24.3. The molecule has 6 nitrogen and oxygen atoms in total. The minimum absolute atomic E-state index is 0.0649. The van der Waals surface area contributed by atoms with E-state index in [-0.39, 0.29) is 18.4 Å². The summed E-state index contributed by atoms with van der Waals surface area (Å²) in [7, 11) is 0. The van der Waals surface area contributed by atoms with Crippen molar-refractivity contribution >= 4 is 29.1 Å². The lowest BCUT2D eigenvalue weighted by molar-refractivity contribution is -0.141. The van der Waals surface area contributed by atoms with Gasteiger partial charge in [0.05, 0.1) is 24.1 Å². The van der Waals surface area contributed by atoms with Gasteiger partial charge in [0.2, 0.25) is 11.8 Å². The number of benzene rings is 3. The standard InChI is InChI=1S/C27H26ClN3O3/c1-16-12-13-22-20(14-16)26(18-8-4-3-5-9-18)31(15-23(32)29-22)27(33)24-17(2)34-30-25(24)19-10-6-7-11-21(19)28/h3-14,17,24-26,30H,15H2,1-2H3,(H,29,32). The summed E-state index contributed by atoms with van der Waals surface area (Å²) >= 11 is 6.48. The molecule has 5 rings (SSSR count). The summed E-state index contributed by atoms with van der Waals surface area (Å²) in [5.74, 6) is -0.961. The van der Waals surface area contributed by atoms with Crippen LogP contribution in [0.15, 0.2) is 72.8 Å². The second-order valence-corrected chi connectivity index (χ2v) is 9.29. The monoisotopic (exact) mass is 475 g/mol. The van der Waals surface area contributed by atoms with Gasteiger partial charge in [-0.15, -0.1) is 0 Å². The predicted molar refractivity (Wildman–Crippen MR) is 131 cm³/mol. The maximum absolute atomic E-state index is 14.3.